The van der Waals surface area contributed by atoms with E-state index in [1.54, 1.807) is 12.1 Å². The van der Waals surface area contributed by atoms with Gasteiger partial charge in [-0.25, -0.2) is 4.79 Å². The average Bonchev–Trinajstić information content (AvgIpc) is 2.55. The van der Waals surface area contributed by atoms with Crippen LogP contribution >= 0.6 is 0 Å². The van der Waals surface area contributed by atoms with Gasteiger partial charge in [-0.3, -0.25) is 0 Å². The Kier molecular flexibility index (Phi) is 6.21. The van der Waals surface area contributed by atoms with Crippen LogP contribution < -0.4 is 5.73 Å². The molecule has 122 valence electrons. The van der Waals surface area contributed by atoms with Crippen molar-refractivity contribution in [3.8, 4) is 0 Å². The Morgan fingerprint density at radius 3 is 2.45 bits per heavy atom. The molecular formula is C17H26N2O3. The summed E-state index contributed by atoms with van der Waals surface area (Å²) in [6, 6.07) is 6.78. The van der Waals surface area contributed by atoms with Crippen LogP contribution in [-0.2, 0) is 0 Å². The van der Waals surface area contributed by atoms with Gasteiger partial charge in [-0.1, -0.05) is 6.42 Å². The van der Waals surface area contributed by atoms with Crippen molar-refractivity contribution in [3.05, 3.63) is 29.8 Å². The van der Waals surface area contributed by atoms with Crippen molar-refractivity contribution in [1.82, 2.24) is 4.90 Å². The van der Waals surface area contributed by atoms with E-state index in [1.165, 1.54) is 57.3 Å². The molecule has 1 aromatic rings. The standard InChI is InChI=1S/C10H19NO.C7H7NO2/c12-8-9-4-3-7-11-6-2-1-5-10(9)11;8-6-3-1-5(2-4-6)7(9)10/h9-10,12H,1-8H2;1-4H,8H2,(H,9,10)/t9-,10+;/m0./s1. The van der Waals surface area contributed by atoms with Crippen molar-refractivity contribution in [2.45, 2.75) is 38.1 Å². The number of piperidine rings is 2. The molecule has 0 spiro atoms. The molecule has 2 atom stereocenters. The maximum atomic E-state index is 10.3. The Bertz CT molecular complexity index is 467. The van der Waals surface area contributed by atoms with Crippen molar-refractivity contribution in [2.75, 3.05) is 25.4 Å². The molecule has 5 nitrogen and oxygen atoms in total. The SMILES string of the molecule is Nc1ccc(C(=O)O)cc1.OC[C@@H]1CCCN2CCCC[C@H]12. The molecule has 4 N–H and O–H groups in total. The number of aromatic carboxylic acids is 1. The van der Waals surface area contributed by atoms with Crippen molar-refractivity contribution in [2.24, 2.45) is 5.92 Å². The molecule has 2 saturated heterocycles. The van der Waals surface area contributed by atoms with Gasteiger partial charge in [0.15, 0.2) is 0 Å². The average molecular weight is 306 g/mol. The molecule has 2 aliphatic rings. The molecule has 0 unspecified atom stereocenters. The largest absolute Gasteiger partial charge is 0.478 e. The molecule has 1 aromatic carbocycles. The van der Waals surface area contributed by atoms with E-state index in [0.717, 1.165) is 6.04 Å². The number of fused-ring (bicyclic) bond motifs is 1. The van der Waals surface area contributed by atoms with Gasteiger partial charge in [0, 0.05) is 18.3 Å². The number of rotatable bonds is 2. The predicted octanol–water partition coefficient (Wildman–Crippen LogP) is 2.21. The molecule has 0 radical (unpaired) electrons. The molecule has 2 heterocycles. The highest BCUT2D eigenvalue weighted by Gasteiger charge is 2.32. The highest BCUT2D eigenvalue weighted by Crippen LogP contribution is 2.30. The number of hydrogen-bond donors (Lipinski definition) is 3. The van der Waals surface area contributed by atoms with Gasteiger partial charge >= 0.3 is 5.97 Å². The quantitative estimate of drug-likeness (QED) is 0.729. The summed E-state index contributed by atoms with van der Waals surface area (Å²) in [5.41, 5.74) is 6.17. The smallest absolute Gasteiger partial charge is 0.335 e. The zero-order valence-electron chi connectivity index (χ0n) is 12.9. The molecule has 2 fully saturated rings. The van der Waals surface area contributed by atoms with Crippen LogP contribution in [0.2, 0.25) is 0 Å². The van der Waals surface area contributed by atoms with Gasteiger partial charge in [0.05, 0.1) is 5.56 Å². The molecule has 22 heavy (non-hydrogen) atoms. The Morgan fingerprint density at radius 2 is 1.82 bits per heavy atom. The molecular weight excluding hydrogens is 280 g/mol. The van der Waals surface area contributed by atoms with E-state index < -0.39 is 5.97 Å². The number of anilines is 1. The van der Waals surface area contributed by atoms with Gasteiger partial charge in [-0.05, 0) is 69.0 Å². The van der Waals surface area contributed by atoms with Crippen LogP contribution in [0.25, 0.3) is 0 Å². The van der Waals surface area contributed by atoms with E-state index in [0.29, 0.717) is 18.2 Å². The van der Waals surface area contributed by atoms with E-state index in [4.69, 9.17) is 10.8 Å². The number of nitrogen functional groups attached to an aromatic ring is 1. The second-order valence-electron chi connectivity index (χ2n) is 6.11. The Morgan fingerprint density at radius 1 is 1.14 bits per heavy atom. The molecule has 0 aliphatic carbocycles. The third-order valence-corrected chi connectivity index (χ3v) is 4.62. The van der Waals surface area contributed by atoms with Gasteiger partial charge in [0.25, 0.3) is 0 Å². The number of hydrogen-bond acceptors (Lipinski definition) is 4. The highest BCUT2D eigenvalue weighted by atomic mass is 16.4. The van der Waals surface area contributed by atoms with Crippen molar-refractivity contribution >= 4 is 11.7 Å². The van der Waals surface area contributed by atoms with E-state index in [-0.39, 0.29) is 5.56 Å². The topological polar surface area (TPSA) is 86.8 Å². The van der Waals surface area contributed by atoms with Gasteiger partial charge in [0.1, 0.15) is 0 Å². The summed E-state index contributed by atoms with van der Waals surface area (Å²) in [7, 11) is 0. The van der Waals surface area contributed by atoms with Crippen molar-refractivity contribution < 1.29 is 15.0 Å². The lowest BCUT2D eigenvalue weighted by Gasteiger charge is -2.43. The highest BCUT2D eigenvalue weighted by molar-refractivity contribution is 5.87. The fraction of sp³-hybridized carbons (Fsp3) is 0.588. The van der Waals surface area contributed by atoms with Gasteiger partial charge < -0.3 is 20.8 Å². The van der Waals surface area contributed by atoms with Gasteiger partial charge in [-0.15, -0.1) is 0 Å². The number of carboxylic acids is 1. The fourth-order valence-corrected chi connectivity index (χ4v) is 3.42. The zero-order chi connectivity index (χ0) is 15.9. The second kappa shape index (κ2) is 8.15. The summed E-state index contributed by atoms with van der Waals surface area (Å²) in [4.78, 5) is 12.9. The van der Waals surface area contributed by atoms with E-state index in [2.05, 4.69) is 4.90 Å². The maximum Gasteiger partial charge on any atom is 0.335 e. The van der Waals surface area contributed by atoms with E-state index in [9.17, 15) is 9.90 Å². The van der Waals surface area contributed by atoms with Crippen LogP contribution in [0.15, 0.2) is 24.3 Å². The number of carboxylic acid groups (broad SMARTS) is 1. The molecule has 0 bridgehead atoms. The van der Waals surface area contributed by atoms with Crippen LogP contribution in [0.5, 0.6) is 0 Å². The number of aliphatic hydroxyl groups excluding tert-OH is 1. The monoisotopic (exact) mass is 306 g/mol. The first kappa shape index (κ1) is 16.8. The Hall–Kier alpha value is -1.59. The summed E-state index contributed by atoms with van der Waals surface area (Å²) < 4.78 is 0. The first-order valence-electron chi connectivity index (χ1n) is 8.05. The summed E-state index contributed by atoms with van der Waals surface area (Å²) in [5, 5.41) is 17.6. The fourth-order valence-electron chi connectivity index (χ4n) is 3.42. The molecule has 0 aromatic heterocycles. The summed E-state index contributed by atoms with van der Waals surface area (Å²) in [6.07, 6.45) is 6.61. The number of benzene rings is 1. The van der Waals surface area contributed by atoms with Crippen LogP contribution in [0.3, 0.4) is 0 Å². The number of carbonyl (C=O) groups is 1. The minimum atomic E-state index is -0.931. The molecule has 5 heteroatoms. The van der Waals surface area contributed by atoms with Crippen LogP contribution in [0.4, 0.5) is 5.69 Å². The minimum Gasteiger partial charge on any atom is -0.478 e. The van der Waals surface area contributed by atoms with Crippen LogP contribution in [0, 0.1) is 5.92 Å². The van der Waals surface area contributed by atoms with Gasteiger partial charge in [-0.2, -0.15) is 0 Å². The Labute approximate surface area is 131 Å². The maximum absolute atomic E-state index is 10.3. The normalized spacial score (nSPS) is 24.8. The van der Waals surface area contributed by atoms with Crippen LogP contribution in [0.1, 0.15) is 42.5 Å². The minimum absolute atomic E-state index is 0.259. The van der Waals surface area contributed by atoms with Crippen molar-refractivity contribution in [3.63, 3.8) is 0 Å². The summed E-state index contributed by atoms with van der Waals surface area (Å²) >= 11 is 0. The first-order valence-corrected chi connectivity index (χ1v) is 8.05. The lowest BCUT2D eigenvalue weighted by atomic mass is 9.84. The lowest BCUT2D eigenvalue weighted by Crippen LogP contribution is -2.48. The molecule has 2 aliphatic heterocycles. The number of aliphatic hydroxyl groups is 1. The predicted molar refractivity (Wildman–Crippen MR) is 86.8 cm³/mol. The lowest BCUT2D eigenvalue weighted by molar-refractivity contribution is 0.0312. The van der Waals surface area contributed by atoms with Crippen molar-refractivity contribution in [1.29, 1.82) is 0 Å². The van der Waals surface area contributed by atoms with E-state index >= 15 is 0 Å². The molecule has 0 saturated carbocycles. The summed E-state index contributed by atoms with van der Waals surface area (Å²) in [6.45, 7) is 2.96. The second-order valence-corrected chi connectivity index (χ2v) is 6.11. The van der Waals surface area contributed by atoms with Crippen LogP contribution in [-0.4, -0.2) is 46.8 Å². The summed E-state index contributed by atoms with van der Waals surface area (Å²) in [5.74, 6) is -0.348. The Balaban J connectivity index is 0.000000164. The third kappa shape index (κ3) is 4.45. The number of nitrogens with zero attached hydrogens (tertiary/aromatic N) is 1. The third-order valence-electron chi connectivity index (χ3n) is 4.62. The molecule has 0 amide bonds. The first-order chi connectivity index (χ1) is 10.6. The number of nitrogens with two attached hydrogens (primary N) is 1. The van der Waals surface area contributed by atoms with Gasteiger partial charge in [0.2, 0.25) is 0 Å². The van der Waals surface area contributed by atoms with E-state index in [1.807, 2.05) is 0 Å². The molecule has 3 rings (SSSR count). The zero-order valence-corrected chi connectivity index (χ0v) is 12.9.